The molecule has 0 saturated carbocycles. The van der Waals surface area contributed by atoms with Crippen LogP contribution in [0.1, 0.15) is 40.6 Å². The number of hydrogen-bond donors (Lipinski definition) is 0. The van der Waals surface area contributed by atoms with Gasteiger partial charge in [-0.15, -0.1) is 0 Å². The number of aromatic nitrogens is 2. The second-order valence-corrected chi connectivity index (χ2v) is 11.3. The maximum atomic E-state index is 12.5. The second-order valence-electron chi connectivity index (χ2n) is 11.3. The zero-order valence-corrected chi connectivity index (χ0v) is 24.3. The Balaban J connectivity index is 1.25. The summed E-state index contributed by atoms with van der Waals surface area (Å²) in [6, 6.07) is 19.3. The first kappa shape index (κ1) is 28.4. The molecule has 2 aromatic heterocycles. The van der Waals surface area contributed by atoms with Crippen molar-refractivity contribution in [2.45, 2.75) is 59.4 Å². The van der Waals surface area contributed by atoms with E-state index in [1.54, 1.807) is 6.92 Å². The first-order valence-electron chi connectivity index (χ1n) is 14.1. The lowest BCUT2D eigenvalue weighted by Crippen LogP contribution is -2.50. The minimum Gasteiger partial charge on any atom is -0.553 e. The fourth-order valence-corrected chi connectivity index (χ4v) is 5.45. The van der Waals surface area contributed by atoms with Crippen molar-refractivity contribution in [3.05, 3.63) is 101 Å². The minimum atomic E-state index is -0.936. The Labute approximate surface area is 241 Å². The number of carbonyl (C=O) groups excluding carboxylic acids is 1. The van der Waals surface area contributed by atoms with Gasteiger partial charge in [0.1, 0.15) is 32.0 Å². The molecule has 0 N–H and O–H groups in total. The third-order valence-corrected chi connectivity index (χ3v) is 7.83. The molecule has 2 unspecified atom stereocenters. The predicted molar refractivity (Wildman–Crippen MR) is 157 cm³/mol. The van der Waals surface area contributed by atoms with Gasteiger partial charge in [0.25, 0.3) is 0 Å². The summed E-state index contributed by atoms with van der Waals surface area (Å²) in [4.78, 5) is 20.7. The van der Waals surface area contributed by atoms with Crippen LogP contribution in [0.4, 0.5) is 0 Å². The summed E-state index contributed by atoms with van der Waals surface area (Å²) in [6.45, 7) is 8.45. The SMILES string of the molecule is Cc1ccc2c(c1)c1c(n2CCc2ccc(C)nc2)CC[N+](C)(COC([O-])=NC(C)C(=O)OCc2ccccc2)C1. The quantitative estimate of drug-likeness (QED) is 0.134. The Morgan fingerprint density at radius 2 is 1.90 bits per heavy atom. The molecule has 0 aliphatic carbocycles. The summed E-state index contributed by atoms with van der Waals surface area (Å²) < 4.78 is 13.9. The van der Waals surface area contributed by atoms with E-state index in [-0.39, 0.29) is 13.3 Å². The van der Waals surface area contributed by atoms with E-state index in [2.05, 4.69) is 58.8 Å². The monoisotopic (exact) mass is 554 g/mol. The third kappa shape index (κ3) is 6.77. The highest BCUT2D eigenvalue weighted by atomic mass is 16.6. The number of aryl methyl sites for hydroxylation is 4. The molecule has 214 valence electrons. The van der Waals surface area contributed by atoms with Gasteiger partial charge in [0.15, 0.2) is 0 Å². The molecule has 0 amide bonds. The van der Waals surface area contributed by atoms with Crippen molar-refractivity contribution < 1.29 is 23.9 Å². The lowest BCUT2D eigenvalue weighted by atomic mass is 10.0. The highest BCUT2D eigenvalue weighted by Gasteiger charge is 2.32. The number of quaternary nitrogens is 1. The van der Waals surface area contributed by atoms with Crippen molar-refractivity contribution >= 4 is 23.0 Å². The van der Waals surface area contributed by atoms with Gasteiger partial charge in [-0.3, -0.25) is 9.98 Å². The van der Waals surface area contributed by atoms with Crippen LogP contribution in [-0.2, 0) is 46.8 Å². The predicted octanol–water partition coefficient (Wildman–Crippen LogP) is 4.22. The molecule has 5 rings (SSSR count). The average molecular weight is 555 g/mol. The van der Waals surface area contributed by atoms with Gasteiger partial charge in [-0.25, -0.2) is 4.79 Å². The molecule has 41 heavy (non-hydrogen) atoms. The molecule has 0 saturated heterocycles. The minimum absolute atomic E-state index is 0.140. The maximum Gasteiger partial charge on any atom is 0.330 e. The molecule has 1 aliphatic heterocycles. The summed E-state index contributed by atoms with van der Waals surface area (Å²) in [5.41, 5.74) is 8.25. The van der Waals surface area contributed by atoms with Gasteiger partial charge in [0.2, 0.25) is 0 Å². The zero-order chi connectivity index (χ0) is 29.0. The molecule has 8 nitrogen and oxygen atoms in total. The van der Waals surface area contributed by atoms with Gasteiger partial charge in [-0.05, 0) is 56.5 Å². The Bertz CT molecular complexity index is 1550. The topological polar surface area (TPSA) is 88.8 Å². The molecule has 1 aliphatic rings. The molecule has 8 heteroatoms. The van der Waals surface area contributed by atoms with E-state index < -0.39 is 18.1 Å². The van der Waals surface area contributed by atoms with E-state index in [9.17, 15) is 9.90 Å². The van der Waals surface area contributed by atoms with Crippen LogP contribution in [0.3, 0.4) is 0 Å². The smallest absolute Gasteiger partial charge is 0.330 e. The van der Waals surface area contributed by atoms with E-state index in [4.69, 9.17) is 9.47 Å². The fraction of sp³-hybridized carbons (Fsp3) is 0.364. The van der Waals surface area contributed by atoms with Crippen LogP contribution >= 0.6 is 0 Å². The number of likely N-dealkylation sites (N-methyl/N-ethyl adjacent to an activating group) is 1. The molecule has 2 atom stereocenters. The van der Waals surface area contributed by atoms with Crippen LogP contribution in [0.25, 0.3) is 10.9 Å². The number of carbonyl (C=O) groups is 1. The summed E-state index contributed by atoms with van der Waals surface area (Å²) in [5.74, 6) is -0.557. The van der Waals surface area contributed by atoms with E-state index in [0.29, 0.717) is 4.48 Å². The highest BCUT2D eigenvalue weighted by Crippen LogP contribution is 2.34. The van der Waals surface area contributed by atoms with Gasteiger partial charge in [0, 0.05) is 47.0 Å². The first-order chi connectivity index (χ1) is 19.7. The van der Waals surface area contributed by atoms with Gasteiger partial charge >= 0.3 is 5.97 Å². The third-order valence-electron chi connectivity index (χ3n) is 7.83. The molecule has 0 fully saturated rings. The second kappa shape index (κ2) is 12.1. The van der Waals surface area contributed by atoms with E-state index in [0.717, 1.165) is 43.7 Å². The standard InChI is InChI=1S/C33H38N4O4/c1-23-10-13-30-28(18-23)29-20-37(4,17-15-31(29)36(30)16-14-26-12-11-24(2)34-19-26)22-41-33(39)35-25(3)32(38)40-21-27-8-6-5-7-9-27/h5-13,18-19,25H,14-17,20-22H2,1-4H3. The Kier molecular flexibility index (Phi) is 8.40. The normalized spacial score (nSPS) is 17.7. The number of ether oxygens (including phenoxy) is 2. The van der Waals surface area contributed by atoms with Crippen molar-refractivity contribution in [1.29, 1.82) is 0 Å². The summed E-state index contributed by atoms with van der Waals surface area (Å²) in [7, 11) is 2.10. The summed E-state index contributed by atoms with van der Waals surface area (Å²) >= 11 is 0. The summed E-state index contributed by atoms with van der Waals surface area (Å²) in [6.07, 6.45) is 3.01. The van der Waals surface area contributed by atoms with Crippen LogP contribution in [0.15, 0.2) is 71.9 Å². The molecular formula is C33H38N4O4. The van der Waals surface area contributed by atoms with Gasteiger partial charge in [-0.2, -0.15) is 0 Å². The maximum absolute atomic E-state index is 12.5. The number of nitrogens with zero attached hydrogens (tertiary/aromatic N) is 4. The molecule has 3 heterocycles. The summed E-state index contributed by atoms with van der Waals surface area (Å²) in [5, 5.41) is 13.8. The van der Waals surface area contributed by atoms with Gasteiger partial charge in [0.05, 0.1) is 13.6 Å². The van der Waals surface area contributed by atoms with Gasteiger partial charge < -0.3 is 23.6 Å². The van der Waals surface area contributed by atoms with Crippen molar-refractivity contribution in [3.63, 3.8) is 0 Å². The van der Waals surface area contributed by atoms with Crippen LogP contribution < -0.4 is 5.11 Å². The van der Waals surface area contributed by atoms with Crippen molar-refractivity contribution in [1.82, 2.24) is 9.55 Å². The molecule has 4 aromatic rings. The Morgan fingerprint density at radius 3 is 2.66 bits per heavy atom. The largest absolute Gasteiger partial charge is 0.553 e. The first-order valence-corrected chi connectivity index (χ1v) is 14.1. The molecule has 2 aromatic carbocycles. The number of esters is 1. The number of hydrogen-bond acceptors (Lipinski definition) is 6. The molecule has 0 spiro atoms. The van der Waals surface area contributed by atoms with Crippen LogP contribution in [0.5, 0.6) is 0 Å². The Hall–Kier alpha value is -4.17. The molecule has 0 bridgehead atoms. The van der Waals surface area contributed by atoms with E-state index >= 15 is 0 Å². The fourth-order valence-electron chi connectivity index (χ4n) is 5.45. The van der Waals surface area contributed by atoms with E-state index in [1.807, 2.05) is 43.5 Å². The highest BCUT2D eigenvalue weighted by molar-refractivity contribution is 5.86. The number of aliphatic imine (C=N–C) groups is 1. The Morgan fingerprint density at radius 1 is 1.10 bits per heavy atom. The van der Waals surface area contributed by atoms with Crippen LogP contribution in [-0.4, -0.2) is 52.5 Å². The van der Waals surface area contributed by atoms with Crippen molar-refractivity contribution in [2.75, 3.05) is 20.3 Å². The number of benzene rings is 2. The van der Waals surface area contributed by atoms with Crippen molar-refractivity contribution in [3.8, 4) is 0 Å². The number of pyridine rings is 1. The zero-order valence-electron chi connectivity index (χ0n) is 24.3. The lowest BCUT2D eigenvalue weighted by Gasteiger charge is -2.40. The van der Waals surface area contributed by atoms with E-state index in [1.165, 1.54) is 33.3 Å². The average Bonchev–Trinajstić information content (AvgIpc) is 3.26. The van der Waals surface area contributed by atoms with Crippen molar-refractivity contribution in [2.24, 2.45) is 4.99 Å². The number of fused-ring (bicyclic) bond motifs is 3. The van der Waals surface area contributed by atoms with Gasteiger partial charge in [-0.1, -0.05) is 48.0 Å². The molecular weight excluding hydrogens is 516 g/mol. The molecule has 0 radical (unpaired) electrons. The lowest BCUT2D eigenvalue weighted by molar-refractivity contribution is -0.940. The van der Waals surface area contributed by atoms with Crippen LogP contribution in [0, 0.1) is 13.8 Å². The van der Waals surface area contributed by atoms with Crippen LogP contribution in [0.2, 0.25) is 0 Å². The number of rotatable bonds is 9.